The number of benzene rings is 1. The number of fused-ring (bicyclic) bond motifs is 1. The van der Waals surface area contributed by atoms with Gasteiger partial charge in [0.25, 0.3) is 0 Å². The molecule has 0 saturated carbocycles. The third-order valence-electron chi connectivity index (χ3n) is 2.30. The molecule has 0 aliphatic heterocycles. The predicted octanol–water partition coefficient (Wildman–Crippen LogP) is -0.0675. The van der Waals surface area contributed by atoms with Crippen molar-refractivity contribution in [2.75, 3.05) is 0 Å². The third kappa shape index (κ3) is 1.38. The Morgan fingerprint density at radius 1 is 1.33 bits per heavy atom. The van der Waals surface area contributed by atoms with E-state index in [0.29, 0.717) is 5.92 Å². The van der Waals surface area contributed by atoms with Gasteiger partial charge in [-0.15, -0.1) is 11.1 Å². The van der Waals surface area contributed by atoms with Crippen molar-refractivity contribution < 1.29 is 18.9 Å². The van der Waals surface area contributed by atoms with E-state index in [9.17, 15) is 0 Å². The second kappa shape index (κ2) is 3.52. The Hall–Kier alpha value is -0.443. The first-order valence-corrected chi connectivity index (χ1v) is 3.98. The zero-order chi connectivity index (χ0) is 7.84. The molecule has 1 aliphatic carbocycles. The van der Waals surface area contributed by atoms with E-state index in [1.54, 1.807) is 0 Å². The van der Waals surface area contributed by atoms with Crippen LogP contribution in [0.4, 0.5) is 0 Å². The first-order valence-electron chi connectivity index (χ1n) is 3.98. The van der Waals surface area contributed by atoms with Gasteiger partial charge in [-0.25, -0.2) is 6.08 Å². The third-order valence-corrected chi connectivity index (χ3v) is 2.30. The summed E-state index contributed by atoms with van der Waals surface area (Å²) in [5, 5.41) is 0. The van der Waals surface area contributed by atoms with Crippen LogP contribution in [0.25, 0.3) is 6.08 Å². The van der Waals surface area contributed by atoms with Gasteiger partial charge in [0, 0.05) is 0 Å². The molecular formula is C11H11Li. The molecule has 1 atom stereocenters. The summed E-state index contributed by atoms with van der Waals surface area (Å²) in [4.78, 5) is 0. The molecule has 56 valence electrons. The summed E-state index contributed by atoms with van der Waals surface area (Å²) in [5.74, 6) is 0.491. The maximum absolute atomic E-state index is 3.30. The Balaban J connectivity index is 0.000000720. The number of hydrogen-bond donors (Lipinski definition) is 0. The van der Waals surface area contributed by atoms with E-state index in [1.807, 2.05) is 0 Å². The average Bonchev–Trinajstić information content (AvgIpc) is 2.35. The van der Waals surface area contributed by atoms with E-state index in [0.717, 1.165) is 0 Å². The maximum atomic E-state index is 3.30. The van der Waals surface area contributed by atoms with Crippen molar-refractivity contribution in [1.29, 1.82) is 0 Å². The predicted molar refractivity (Wildman–Crippen MR) is 47.3 cm³/mol. The Bertz CT molecular complexity index is 313. The second-order valence-electron chi connectivity index (χ2n) is 3.11. The second-order valence-corrected chi connectivity index (χ2v) is 3.11. The number of hydrogen-bond acceptors (Lipinski definition) is 0. The van der Waals surface area contributed by atoms with E-state index in [4.69, 9.17) is 0 Å². The smallest absolute Gasteiger partial charge is 0.269 e. The molecule has 0 spiro atoms. The van der Waals surface area contributed by atoms with Crippen molar-refractivity contribution >= 4 is 6.08 Å². The van der Waals surface area contributed by atoms with Crippen LogP contribution in [0.15, 0.2) is 18.2 Å². The topological polar surface area (TPSA) is 0 Å². The van der Waals surface area contributed by atoms with Crippen molar-refractivity contribution in [3.63, 3.8) is 0 Å². The molecule has 0 heterocycles. The van der Waals surface area contributed by atoms with E-state index in [1.165, 1.54) is 16.7 Å². The summed E-state index contributed by atoms with van der Waals surface area (Å²) in [6.45, 7) is 4.33. The van der Waals surface area contributed by atoms with Gasteiger partial charge in [-0.3, -0.25) is 6.08 Å². The van der Waals surface area contributed by atoms with Crippen LogP contribution in [0.2, 0.25) is 0 Å². The molecule has 1 unspecified atom stereocenters. The average molecular weight is 150 g/mol. The SMILES string of the molecule is Cc1cccc2c1C=[C-]C2C.[Li+]. The van der Waals surface area contributed by atoms with Crippen LogP contribution in [0.5, 0.6) is 0 Å². The molecular weight excluding hydrogens is 139 g/mol. The molecule has 1 aromatic rings. The summed E-state index contributed by atoms with van der Waals surface area (Å²) >= 11 is 0. The minimum atomic E-state index is 0. The van der Waals surface area contributed by atoms with E-state index >= 15 is 0 Å². The maximum Gasteiger partial charge on any atom is 1.00 e. The molecule has 0 radical (unpaired) electrons. The first kappa shape index (κ1) is 9.64. The van der Waals surface area contributed by atoms with Gasteiger partial charge in [-0.1, -0.05) is 38.0 Å². The van der Waals surface area contributed by atoms with E-state index in [2.05, 4.69) is 44.2 Å². The fraction of sp³-hybridized carbons (Fsp3) is 0.273. The van der Waals surface area contributed by atoms with Gasteiger partial charge in [-0.2, -0.15) is 5.56 Å². The summed E-state index contributed by atoms with van der Waals surface area (Å²) < 4.78 is 0. The van der Waals surface area contributed by atoms with Crippen LogP contribution >= 0.6 is 0 Å². The molecule has 0 saturated heterocycles. The number of allylic oxidation sites excluding steroid dienone is 1. The molecule has 0 aromatic heterocycles. The zero-order valence-electron chi connectivity index (χ0n) is 7.89. The van der Waals surface area contributed by atoms with Crippen LogP contribution in [-0.4, -0.2) is 0 Å². The molecule has 12 heavy (non-hydrogen) atoms. The van der Waals surface area contributed by atoms with Crippen LogP contribution < -0.4 is 18.9 Å². The molecule has 1 heteroatoms. The van der Waals surface area contributed by atoms with Crippen LogP contribution in [0.3, 0.4) is 0 Å². The van der Waals surface area contributed by atoms with Crippen molar-refractivity contribution in [2.45, 2.75) is 19.8 Å². The van der Waals surface area contributed by atoms with Gasteiger partial charge in [0.1, 0.15) is 0 Å². The summed E-state index contributed by atoms with van der Waals surface area (Å²) in [7, 11) is 0. The van der Waals surface area contributed by atoms with Gasteiger partial charge >= 0.3 is 18.9 Å². The minimum absolute atomic E-state index is 0. The van der Waals surface area contributed by atoms with Gasteiger partial charge in [0.15, 0.2) is 0 Å². The van der Waals surface area contributed by atoms with Gasteiger partial charge in [0.05, 0.1) is 0 Å². The Labute approximate surface area is 85.9 Å². The van der Waals surface area contributed by atoms with Gasteiger partial charge in [0.2, 0.25) is 0 Å². The fourth-order valence-electron chi connectivity index (χ4n) is 1.58. The van der Waals surface area contributed by atoms with Gasteiger partial charge in [-0.05, 0) is 0 Å². The normalized spacial score (nSPS) is 18.7. The molecule has 1 aliphatic rings. The Kier molecular flexibility index (Phi) is 2.83. The van der Waals surface area contributed by atoms with Crippen molar-refractivity contribution in [3.05, 3.63) is 41.0 Å². The Morgan fingerprint density at radius 3 is 2.75 bits per heavy atom. The standard InChI is InChI=1S/C11H11.Li/c1-8-4-3-5-10-9(2)6-7-11(8)10;/h3-5,7,9H,1-2H3;/q-1;+1. The van der Waals surface area contributed by atoms with Crippen LogP contribution in [0.1, 0.15) is 29.5 Å². The number of rotatable bonds is 0. The number of aryl methyl sites for hydroxylation is 1. The first-order chi connectivity index (χ1) is 5.29. The largest absolute Gasteiger partial charge is 1.00 e. The molecule has 0 N–H and O–H groups in total. The molecule has 0 nitrogen and oxygen atoms in total. The zero-order valence-corrected chi connectivity index (χ0v) is 7.89. The van der Waals surface area contributed by atoms with Crippen molar-refractivity contribution in [3.8, 4) is 0 Å². The molecule has 1 aromatic carbocycles. The summed E-state index contributed by atoms with van der Waals surface area (Å²) in [5.41, 5.74) is 4.16. The summed E-state index contributed by atoms with van der Waals surface area (Å²) in [6, 6.07) is 6.45. The fourth-order valence-corrected chi connectivity index (χ4v) is 1.58. The molecule has 0 bridgehead atoms. The van der Waals surface area contributed by atoms with E-state index < -0.39 is 0 Å². The van der Waals surface area contributed by atoms with E-state index in [-0.39, 0.29) is 18.9 Å². The minimum Gasteiger partial charge on any atom is -0.269 e. The molecule has 0 amide bonds. The Morgan fingerprint density at radius 2 is 2.08 bits per heavy atom. The molecule has 0 fully saturated rings. The quantitative estimate of drug-likeness (QED) is 0.359. The van der Waals surface area contributed by atoms with Crippen LogP contribution in [0, 0.1) is 13.0 Å². The van der Waals surface area contributed by atoms with Gasteiger partial charge < -0.3 is 0 Å². The van der Waals surface area contributed by atoms with Crippen LogP contribution in [-0.2, 0) is 0 Å². The monoisotopic (exact) mass is 150 g/mol. The summed E-state index contributed by atoms with van der Waals surface area (Å²) in [6.07, 6.45) is 5.41. The molecule has 2 rings (SSSR count). The van der Waals surface area contributed by atoms with Crippen molar-refractivity contribution in [2.24, 2.45) is 0 Å². The van der Waals surface area contributed by atoms with Crippen molar-refractivity contribution in [1.82, 2.24) is 0 Å².